The third-order valence-corrected chi connectivity index (χ3v) is 3.85. The van der Waals surface area contributed by atoms with E-state index in [1.807, 2.05) is 25.2 Å². The maximum Gasteiger partial charge on any atom is 0.126 e. The number of rotatable bonds is 3. The number of halogens is 2. The molecule has 0 radical (unpaired) electrons. The lowest BCUT2D eigenvalue weighted by atomic mass is 9.94. The summed E-state index contributed by atoms with van der Waals surface area (Å²) in [4.78, 5) is 0. The Bertz CT molecular complexity index is 595. The van der Waals surface area contributed by atoms with Gasteiger partial charge in [-0.05, 0) is 61.3 Å². The highest BCUT2D eigenvalue weighted by atomic mass is 79.9. The summed E-state index contributed by atoms with van der Waals surface area (Å²) in [6.45, 7) is 3.84. The lowest BCUT2D eigenvalue weighted by molar-refractivity contribution is 0.608. The fraction of sp³-hybridized carbons (Fsp3) is 0.250. The Labute approximate surface area is 122 Å². The van der Waals surface area contributed by atoms with E-state index >= 15 is 0 Å². The summed E-state index contributed by atoms with van der Waals surface area (Å²) in [5.41, 5.74) is 3.95. The van der Waals surface area contributed by atoms with E-state index in [2.05, 4.69) is 40.3 Å². The van der Waals surface area contributed by atoms with Crippen LogP contribution in [0.1, 0.15) is 28.3 Å². The summed E-state index contributed by atoms with van der Waals surface area (Å²) in [6.07, 6.45) is 0. The number of hydrogen-bond donors (Lipinski definition) is 1. The summed E-state index contributed by atoms with van der Waals surface area (Å²) < 4.78 is 14.8. The van der Waals surface area contributed by atoms with E-state index in [1.165, 1.54) is 5.56 Å². The zero-order valence-corrected chi connectivity index (χ0v) is 12.9. The molecule has 0 aromatic heterocycles. The van der Waals surface area contributed by atoms with E-state index in [0.29, 0.717) is 5.56 Å². The van der Waals surface area contributed by atoms with Crippen molar-refractivity contribution < 1.29 is 4.39 Å². The van der Waals surface area contributed by atoms with Gasteiger partial charge in [-0.3, -0.25) is 0 Å². The van der Waals surface area contributed by atoms with Gasteiger partial charge in [0.05, 0.1) is 6.04 Å². The Morgan fingerprint density at radius 2 is 1.79 bits per heavy atom. The molecule has 0 bridgehead atoms. The van der Waals surface area contributed by atoms with Gasteiger partial charge in [-0.2, -0.15) is 0 Å². The maximum atomic E-state index is 13.7. The lowest BCUT2D eigenvalue weighted by Crippen LogP contribution is -2.19. The molecule has 0 fully saturated rings. The molecule has 0 aliphatic carbocycles. The topological polar surface area (TPSA) is 12.0 Å². The van der Waals surface area contributed by atoms with Crippen molar-refractivity contribution in [3.05, 3.63) is 68.9 Å². The summed E-state index contributed by atoms with van der Waals surface area (Å²) in [5, 5.41) is 3.26. The minimum absolute atomic E-state index is 0.00296. The van der Waals surface area contributed by atoms with Gasteiger partial charge < -0.3 is 5.32 Å². The molecule has 0 saturated carbocycles. The summed E-state index contributed by atoms with van der Waals surface area (Å²) in [6, 6.07) is 11.6. The van der Waals surface area contributed by atoms with Crippen molar-refractivity contribution in [3.8, 4) is 0 Å². The van der Waals surface area contributed by atoms with Crippen LogP contribution in [0.4, 0.5) is 4.39 Å². The van der Waals surface area contributed by atoms with Crippen molar-refractivity contribution in [2.45, 2.75) is 19.9 Å². The van der Waals surface area contributed by atoms with E-state index in [0.717, 1.165) is 15.6 Å². The van der Waals surface area contributed by atoms with Gasteiger partial charge in [0.25, 0.3) is 0 Å². The van der Waals surface area contributed by atoms with Crippen molar-refractivity contribution >= 4 is 15.9 Å². The van der Waals surface area contributed by atoms with Gasteiger partial charge in [-0.15, -0.1) is 0 Å². The predicted octanol–water partition coefficient (Wildman–Crippen LogP) is 4.51. The van der Waals surface area contributed by atoms with Crippen LogP contribution >= 0.6 is 15.9 Å². The van der Waals surface area contributed by atoms with Crippen LogP contribution < -0.4 is 5.32 Å². The van der Waals surface area contributed by atoms with Crippen LogP contribution in [-0.2, 0) is 0 Å². The maximum absolute atomic E-state index is 13.7. The first kappa shape index (κ1) is 14.2. The number of hydrogen-bond acceptors (Lipinski definition) is 1. The van der Waals surface area contributed by atoms with Gasteiger partial charge in [0.15, 0.2) is 0 Å². The monoisotopic (exact) mass is 321 g/mol. The molecule has 0 spiro atoms. The lowest BCUT2D eigenvalue weighted by Gasteiger charge is -2.20. The number of benzene rings is 2. The van der Waals surface area contributed by atoms with Gasteiger partial charge in [-0.25, -0.2) is 4.39 Å². The van der Waals surface area contributed by atoms with Gasteiger partial charge in [0, 0.05) is 4.47 Å². The molecule has 0 amide bonds. The largest absolute Gasteiger partial charge is 0.309 e. The zero-order chi connectivity index (χ0) is 14.0. The molecule has 1 N–H and O–H groups in total. The summed E-state index contributed by atoms with van der Waals surface area (Å²) in [5.74, 6) is -0.160. The Balaban J connectivity index is 2.46. The molecule has 1 atom stereocenters. The van der Waals surface area contributed by atoms with E-state index in [1.54, 1.807) is 13.0 Å². The second-order valence-corrected chi connectivity index (χ2v) is 5.65. The van der Waals surface area contributed by atoms with Crippen LogP contribution in [0.3, 0.4) is 0 Å². The van der Waals surface area contributed by atoms with Gasteiger partial charge in [0.2, 0.25) is 0 Å². The minimum Gasteiger partial charge on any atom is -0.309 e. The second-order valence-electron chi connectivity index (χ2n) is 4.73. The molecular weight excluding hydrogens is 305 g/mol. The molecule has 0 aliphatic heterocycles. The van der Waals surface area contributed by atoms with Crippen molar-refractivity contribution in [1.29, 1.82) is 0 Å². The molecule has 1 nitrogen and oxygen atoms in total. The molecule has 2 aromatic carbocycles. The second kappa shape index (κ2) is 5.85. The molecule has 0 saturated heterocycles. The average Bonchev–Trinajstić information content (AvgIpc) is 2.37. The molecule has 3 heteroatoms. The number of nitrogens with one attached hydrogen (secondary N) is 1. The smallest absolute Gasteiger partial charge is 0.126 e. The first-order valence-electron chi connectivity index (χ1n) is 6.22. The van der Waals surface area contributed by atoms with Gasteiger partial charge >= 0.3 is 0 Å². The molecule has 0 aliphatic rings. The standard InChI is InChI=1S/C16H17BrFN/c1-10-4-5-12(9-15(10)18)16(19-3)14-7-6-13(17)8-11(14)2/h4-9,16,19H,1-3H3. The van der Waals surface area contributed by atoms with Crippen LogP contribution in [0.25, 0.3) is 0 Å². The van der Waals surface area contributed by atoms with Crippen molar-refractivity contribution in [2.24, 2.45) is 0 Å². The van der Waals surface area contributed by atoms with Gasteiger partial charge in [-0.1, -0.05) is 34.1 Å². The zero-order valence-electron chi connectivity index (χ0n) is 11.3. The van der Waals surface area contributed by atoms with E-state index < -0.39 is 0 Å². The van der Waals surface area contributed by atoms with Crippen LogP contribution in [0.2, 0.25) is 0 Å². The van der Waals surface area contributed by atoms with Gasteiger partial charge in [0.1, 0.15) is 5.82 Å². The third kappa shape index (κ3) is 3.04. The minimum atomic E-state index is -0.160. The van der Waals surface area contributed by atoms with Crippen molar-refractivity contribution in [2.75, 3.05) is 7.05 Å². The molecule has 0 heterocycles. The first-order valence-corrected chi connectivity index (χ1v) is 7.01. The quantitative estimate of drug-likeness (QED) is 0.876. The Kier molecular flexibility index (Phi) is 4.38. The Morgan fingerprint density at radius 1 is 1.05 bits per heavy atom. The van der Waals surface area contributed by atoms with E-state index in [4.69, 9.17) is 0 Å². The predicted molar refractivity (Wildman–Crippen MR) is 80.9 cm³/mol. The molecule has 19 heavy (non-hydrogen) atoms. The fourth-order valence-corrected chi connectivity index (χ4v) is 2.73. The SMILES string of the molecule is CNC(c1ccc(C)c(F)c1)c1ccc(Br)cc1C. The average molecular weight is 322 g/mol. The highest BCUT2D eigenvalue weighted by molar-refractivity contribution is 9.10. The van der Waals surface area contributed by atoms with Crippen LogP contribution in [0, 0.1) is 19.7 Å². The van der Waals surface area contributed by atoms with E-state index in [-0.39, 0.29) is 11.9 Å². The van der Waals surface area contributed by atoms with Crippen molar-refractivity contribution in [3.63, 3.8) is 0 Å². The van der Waals surface area contributed by atoms with Crippen LogP contribution in [0.15, 0.2) is 40.9 Å². The highest BCUT2D eigenvalue weighted by Gasteiger charge is 2.15. The number of aryl methyl sites for hydroxylation is 2. The summed E-state index contributed by atoms with van der Waals surface area (Å²) in [7, 11) is 1.89. The van der Waals surface area contributed by atoms with Crippen LogP contribution in [-0.4, -0.2) is 7.05 Å². The molecule has 100 valence electrons. The Hall–Kier alpha value is -1.19. The van der Waals surface area contributed by atoms with Crippen molar-refractivity contribution in [1.82, 2.24) is 5.32 Å². The van der Waals surface area contributed by atoms with E-state index in [9.17, 15) is 4.39 Å². The molecular formula is C16H17BrFN. The first-order chi connectivity index (χ1) is 9.02. The fourth-order valence-electron chi connectivity index (χ4n) is 2.25. The van der Waals surface area contributed by atoms with Crippen LogP contribution in [0.5, 0.6) is 0 Å². The highest BCUT2D eigenvalue weighted by Crippen LogP contribution is 2.27. The summed E-state index contributed by atoms with van der Waals surface area (Å²) >= 11 is 3.46. The molecule has 1 unspecified atom stereocenters. The molecule has 2 aromatic rings. The normalized spacial score (nSPS) is 12.5. The third-order valence-electron chi connectivity index (χ3n) is 3.36. The molecule has 2 rings (SSSR count). The Morgan fingerprint density at radius 3 is 2.37 bits per heavy atom.